The molecular formula is C33H46ClN7O3. The molecule has 1 amide bonds. The van der Waals surface area contributed by atoms with Crippen molar-refractivity contribution in [3.63, 3.8) is 0 Å². The standard InChI is InChI=1S/C33H46ClN7O3/c1-7-28(42)39-10-9-24(16-22(39)4)41-23(5)29(30-26-17-35-36-27(26)15-21(3)31(30)34)32(37-41)40-12-11-38(20-33(40,6)8-2)18-25-19-43-13-14-44-25/h7,15,17,22,24-25H,1,8-14,16,18-20H2,2-6H3,(H,35,36)/t22?,24?,25-,33+/m1/s1. The number of aromatic nitrogens is 4. The van der Waals surface area contributed by atoms with E-state index >= 15 is 0 Å². The van der Waals surface area contributed by atoms with Crippen molar-refractivity contribution in [2.75, 3.05) is 57.4 Å². The van der Waals surface area contributed by atoms with E-state index in [1.165, 1.54) is 6.08 Å². The van der Waals surface area contributed by atoms with Crippen LogP contribution in [-0.4, -0.2) is 106 Å². The van der Waals surface area contributed by atoms with E-state index < -0.39 is 0 Å². The van der Waals surface area contributed by atoms with Crippen molar-refractivity contribution in [3.05, 3.63) is 41.2 Å². The number of hydrogen-bond acceptors (Lipinski definition) is 7. The van der Waals surface area contributed by atoms with Crippen molar-refractivity contribution in [1.29, 1.82) is 0 Å². The highest BCUT2D eigenvalue weighted by Gasteiger charge is 2.41. The molecule has 0 saturated carbocycles. The Morgan fingerprint density at radius 2 is 2.07 bits per heavy atom. The molecule has 6 rings (SSSR count). The number of piperidine rings is 1. The van der Waals surface area contributed by atoms with Crippen LogP contribution in [0, 0.1) is 13.8 Å². The normalized spacial score (nSPS) is 26.8. The number of carbonyl (C=O) groups is 1. The quantitative estimate of drug-likeness (QED) is 0.364. The molecule has 2 unspecified atom stereocenters. The van der Waals surface area contributed by atoms with Crippen molar-refractivity contribution < 1.29 is 14.3 Å². The second kappa shape index (κ2) is 12.5. The molecule has 1 aromatic carbocycles. The maximum Gasteiger partial charge on any atom is 0.246 e. The lowest BCUT2D eigenvalue weighted by Gasteiger charge is -2.50. The Labute approximate surface area is 265 Å². The van der Waals surface area contributed by atoms with Crippen LogP contribution in [-0.2, 0) is 14.3 Å². The van der Waals surface area contributed by atoms with Crippen LogP contribution >= 0.6 is 11.6 Å². The summed E-state index contributed by atoms with van der Waals surface area (Å²) in [5, 5.41) is 14.8. The lowest BCUT2D eigenvalue weighted by atomic mass is 9.91. The number of hydrogen-bond donors (Lipinski definition) is 1. The van der Waals surface area contributed by atoms with Crippen LogP contribution in [0.1, 0.15) is 57.3 Å². The molecule has 44 heavy (non-hydrogen) atoms. The molecule has 238 valence electrons. The molecule has 3 fully saturated rings. The molecule has 10 nitrogen and oxygen atoms in total. The van der Waals surface area contributed by atoms with E-state index in [4.69, 9.17) is 26.2 Å². The van der Waals surface area contributed by atoms with E-state index in [1.807, 2.05) is 18.0 Å². The molecule has 3 aliphatic rings. The highest BCUT2D eigenvalue weighted by atomic mass is 35.5. The molecule has 1 N–H and O–H groups in total. The number of amides is 1. The molecule has 3 aromatic rings. The summed E-state index contributed by atoms with van der Waals surface area (Å²) >= 11 is 7.19. The van der Waals surface area contributed by atoms with Gasteiger partial charge in [-0.1, -0.05) is 25.1 Å². The minimum atomic E-state index is -0.160. The number of nitrogens with zero attached hydrogens (tertiary/aromatic N) is 6. The minimum Gasteiger partial charge on any atom is -0.376 e. The number of ether oxygens (including phenoxy) is 2. The van der Waals surface area contributed by atoms with Crippen LogP contribution < -0.4 is 4.90 Å². The summed E-state index contributed by atoms with van der Waals surface area (Å²) in [7, 11) is 0. The van der Waals surface area contributed by atoms with Gasteiger partial charge in [0.15, 0.2) is 5.82 Å². The topological polar surface area (TPSA) is 91.8 Å². The third-order valence-corrected chi connectivity index (χ3v) is 10.6. The highest BCUT2D eigenvalue weighted by Crippen LogP contribution is 2.46. The van der Waals surface area contributed by atoms with Crippen LogP contribution in [0.25, 0.3) is 22.0 Å². The van der Waals surface area contributed by atoms with Gasteiger partial charge in [-0.25, -0.2) is 0 Å². The fourth-order valence-electron chi connectivity index (χ4n) is 7.51. The fourth-order valence-corrected chi connectivity index (χ4v) is 7.76. The van der Waals surface area contributed by atoms with Gasteiger partial charge >= 0.3 is 0 Å². The highest BCUT2D eigenvalue weighted by molar-refractivity contribution is 6.36. The van der Waals surface area contributed by atoms with Gasteiger partial charge in [0.25, 0.3) is 0 Å². The van der Waals surface area contributed by atoms with Gasteiger partial charge in [-0.3, -0.25) is 19.5 Å². The summed E-state index contributed by atoms with van der Waals surface area (Å²) < 4.78 is 13.9. The van der Waals surface area contributed by atoms with Gasteiger partial charge in [-0.2, -0.15) is 10.2 Å². The summed E-state index contributed by atoms with van der Waals surface area (Å²) in [5.41, 5.74) is 4.94. The number of rotatable bonds is 7. The molecule has 3 aliphatic heterocycles. The summed E-state index contributed by atoms with van der Waals surface area (Å²) in [5.74, 6) is 0.959. The number of fused-ring (bicyclic) bond motifs is 1. The maximum absolute atomic E-state index is 12.5. The molecule has 0 radical (unpaired) electrons. The summed E-state index contributed by atoms with van der Waals surface area (Å²) in [4.78, 5) is 19.5. The summed E-state index contributed by atoms with van der Waals surface area (Å²) in [6, 6.07) is 2.31. The molecule has 11 heteroatoms. The zero-order valence-corrected chi connectivity index (χ0v) is 27.5. The Morgan fingerprint density at radius 3 is 2.77 bits per heavy atom. The number of piperazine rings is 1. The zero-order chi connectivity index (χ0) is 31.2. The average molecular weight is 624 g/mol. The van der Waals surface area contributed by atoms with Crippen LogP contribution in [0.5, 0.6) is 0 Å². The largest absolute Gasteiger partial charge is 0.376 e. The fraction of sp³-hybridized carbons (Fsp3) is 0.606. The average Bonchev–Trinajstić information content (AvgIpc) is 3.62. The number of anilines is 1. The smallest absolute Gasteiger partial charge is 0.246 e. The van der Waals surface area contributed by atoms with Crippen molar-refractivity contribution in [3.8, 4) is 11.1 Å². The minimum absolute atomic E-state index is 0.00909. The van der Waals surface area contributed by atoms with Gasteiger partial charge in [0.05, 0.1) is 54.2 Å². The molecule has 2 aromatic heterocycles. The van der Waals surface area contributed by atoms with Crippen LogP contribution in [0.15, 0.2) is 24.9 Å². The van der Waals surface area contributed by atoms with E-state index in [0.717, 1.165) is 89.6 Å². The molecule has 0 bridgehead atoms. The number of aryl methyl sites for hydroxylation is 1. The molecular weight excluding hydrogens is 578 g/mol. The van der Waals surface area contributed by atoms with Gasteiger partial charge < -0.3 is 19.3 Å². The lowest BCUT2D eigenvalue weighted by Crippen LogP contribution is -2.62. The Morgan fingerprint density at radius 1 is 1.25 bits per heavy atom. The van der Waals surface area contributed by atoms with Crippen LogP contribution in [0.3, 0.4) is 0 Å². The van der Waals surface area contributed by atoms with Crippen molar-refractivity contribution in [1.82, 2.24) is 29.8 Å². The van der Waals surface area contributed by atoms with Crippen LogP contribution in [0.4, 0.5) is 5.82 Å². The van der Waals surface area contributed by atoms with Crippen LogP contribution in [0.2, 0.25) is 5.02 Å². The van der Waals surface area contributed by atoms with E-state index in [0.29, 0.717) is 26.4 Å². The van der Waals surface area contributed by atoms with Crippen molar-refractivity contribution in [2.24, 2.45) is 0 Å². The predicted molar refractivity (Wildman–Crippen MR) is 174 cm³/mol. The first-order valence-corrected chi connectivity index (χ1v) is 16.4. The molecule has 0 spiro atoms. The number of H-pyrrole nitrogens is 1. The second-order valence-corrected chi connectivity index (χ2v) is 13.4. The number of carbonyl (C=O) groups excluding carboxylic acids is 1. The number of halogens is 1. The Kier molecular flexibility index (Phi) is 8.80. The first kappa shape index (κ1) is 31.1. The van der Waals surface area contributed by atoms with E-state index in [9.17, 15) is 4.79 Å². The molecule has 5 heterocycles. The molecule has 3 saturated heterocycles. The van der Waals surface area contributed by atoms with E-state index in [1.54, 1.807) is 0 Å². The van der Waals surface area contributed by atoms with Gasteiger partial charge in [0.2, 0.25) is 5.91 Å². The van der Waals surface area contributed by atoms with Gasteiger partial charge in [-0.05, 0) is 64.7 Å². The monoisotopic (exact) mass is 623 g/mol. The Bertz CT molecular complexity index is 1530. The predicted octanol–water partition coefficient (Wildman–Crippen LogP) is 5.14. The number of benzene rings is 1. The first-order valence-electron chi connectivity index (χ1n) is 16.0. The Hall–Kier alpha value is -2.92. The van der Waals surface area contributed by atoms with Crippen molar-refractivity contribution in [2.45, 2.75) is 77.6 Å². The second-order valence-electron chi connectivity index (χ2n) is 13.0. The third kappa shape index (κ3) is 5.55. The zero-order valence-electron chi connectivity index (χ0n) is 26.7. The first-order chi connectivity index (χ1) is 21.1. The SMILES string of the molecule is C=CC(=O)N1CCC(n2nc(N3CCN(C[C@@H]4COCCO4)C[C@]3(C)CC)c(-c3c(Cl)c(C)cc4[nH]ncc34)c2C)CC1C. The van der Waals surface area contributed by atoms with Gasteiger partial charge in [-0.15, -0.1) is 0 Å². The van der Waals surface area contributed by atoms with E-state index in [2.05, 4.69) is 65.0 Å². The molecule has 0 aliphatic carbocycles. The summed E-state index contributed by atoms with van der Waals surface area (Å²) in [6.07, 6.45) is 6.01. The number of likely N-dealkylation sites (tertiary alicyclic amines) is 1. The summed E-state index contributed by atoms with van der Waals surface area (Å²) in [6.45, 7) is 20.8. The number of aromatic amines is 1. The van der Waals surface area contributed by atoms with Crippen molar-refractivity contribution >= 4 is 34.2 Å². The maximum atomic E-state index is 12.5. The number of nitrogens with one attached hydrogen (secondary N) is 1. The van der Waals surface area contributed by atoms with E-state index in [-0.39, 0.29) is 29.6 Å². The van der Waals surface area contributed by atoms with Gasteiger partial charge in [0, 0.05) is 61.0 Å². The molecule has 4 atom stereocenters. The Balaban J connectivity index is 1.42. The van der Waals surface area contributed by atoms with Gasteiger partial charge in [0.1, 0.15) is 0 Å². The third-order valence-electron chi connectivity index (χ3n) is 10.1. The lowest BCUT2D eigenvalue weighted by molar-refractivity contribution is -0.129.